The van der Waals surface area contributed by atoms with Gasteiger partial charge in [0.15, 0.2) is 0 Å². The van der Waals surface area contributed by atoms with Crippen LogP contribution in [-0.2, 0) is 0 Å². The number of amides is 2. The van der Waals surface area contributed by atoms with Crippen LogP contribution in [0, 0.1) is 5.82 Å². The number of hydrogen-bond donors (Lipinski definition) is 1. The molecule has 7 heteroatoms. The van der Waals surface area contributed by atoms with Crippen LogP contribution in [0.25, 0.3) is 16.6 Å². The fourth-order valence-electron chi connectivity index (χ4n) is 4.58. The number of piperidine rings is 1. The van der Waals surface area contributed by atoms with E-state index in [1.807, 2.05) is 33.0 Å². The average Bonchev–Trinajstić information content (AvgIpc) is 3.16. The lowest BCUT2D eigenvalue weighted by molar-refractivity contribution is 0.176. The number of rotatable bonds is 6. The molecule has 0 saturated carbocycles. The highest BCUT2D eigenvalue weighted by atomic mass is 35.5. The Morgan fingerprint density at radius 3 is 2.55 bits per heavy atom. The number of carbonyl (C=O) groups is 1. The highest BCUT2D eigenvalue weighted by Crippen LogP contribution is 2.36. The third-order valence-electron chi connectivity index (χ3n) is 6.44. The van der Waals surface area contributed by atoms with Crippen LogP contribution in [0.1, 0.15) is 38.2 Å². The third kappa shape index (κ3) is 5.50. The molecule has 0 atom stereocenters. The minimum Gasteiger partial charge on any atom is -0.336 e. The smallest absolute Gasteiger partial charge is 0.317 e. The number of nitrogens with zero attached hydrogens (tertiary/aromatic N) is 3. The molecule has 176 valence electrons. The van der Waals surface area contributed by atoms with Crippen molar-refractivity contribution < 1.29 is 9.18 Å². The summed E-state index contributed by atoms with van der Waals surface area (Å²) in [5, 5.41) is 4.83. The molecule has 1 aliphatic rings. The Balaban J connectivity index is 1.45. The predicted molar refractivity (Wildman–Crippen MR) is 133 cm³/mol. The van der Waals surface area contributed by atoms with Gasteiger partial charge in [-0.25, -0.2) is 9.18 Å². The minimum absolute atomic E-state index is 0.0212. The lowest BCUT2D eigenvalue weighted by atomic mass is 9.89. The zero-order chi connectivity index (χ0) is 23.5. The van der Waals surface area contributed by atoms with E-state index in [1.54, 1.807) is 17.0 Å². The molecule has 33 heavy (non-hydrogen) atoms. The van der Waals surface area contributed by atoms with Crippen LogP contribution < -0.4 is 5.32 Å². The standard InChI is InChI=1S/C26H32ClFN4O/c1-18(2)29-26(33)30(3)14-15-31-12-10-19(11-13-31)24-17-32(22-7-5-21(28)6-8-22)25-16-20(27)4-9-23(24)25/h4-9,16-19H,10-15H2,1-3H3,(H,29,33). The van der Waals surface area contributed by atoms with Gasteiger partial charge in [0.25, 0.3) is 0 Å². The molecule has 0 bridgehead atoms. The van der Waals surface area contributed by atoms with Gasteiger partial charge < -0.3 is 19.7 Å². The molecule has 1 aliphatic heterocycles. The highest BCUT2D eigenvalue weighted by molar-refractivity contribution is 6.31. The summed E-state index contributed by atoms with van der Waals surface area (Å²) in [7, 11) is 1.85. The SMILES string of the molecule is CC(C)NC(=O)N(C)CCN1CCC(c2cn(-c3ccc(F)cc3)c3cc(Cl)ccc23)CC1. The molecule has 1 aromatic heterocycles. The Kier molecular flexibility index (Phi) is 7.25. The summed E-state index contributed by atoms with van der Waals surface area (Å²) in [5.74, 6) is 0.210. The lowest BCUT2D eigenvalue weighted by Gasteiger charge is -2.33. The first-order valence-corrected chi connectivity index (χ1v) is 12.0. The minimum atomic E-state index is -0.242. The summed E-state index contributed by atoms with van der Waals surface area (Å²) in [5.41, 5.74) is 3.29. The van der Waals surface area contributed by atoms with Crippen molar-refractivity contribution in [1.29, 1.82) is 0 Å². The van der Waals surface area contributed by atoms with E-state index in [4.69, 9.17) is 11.6 Å². The molecule has 1 N–H and O–H groups in total. The van der Waals surface area contributed by atoms with E-state index in [2.05, 4.69) is 27.0 Å². The molecule has 3 aromatic rings. The molecule has 4 rings (SSSR count). The van der Waals surface area contributed by atoms with Gasteiger partial charge in [-0.05, 0) is 87.7 Å². The van der Waals surface area contributed by atoms with Crippen molar-refractivity contribution in [3.05, 3.63) is 65.1 Å². The number of nitrogens with one attached hydrogen (secondary N) is 1. The highest BCUT2D eigenvalue weighted by Gasteiger charge is 2.24. The van der Waals surface area contributed by atoms with E-state index in [0.29, 0.717) is 17.5 Å². The second-order valence-corrected chi connectivity index (χ2v) is 9.67. The Labute approximate surface area is 200 Å². The number of benzene rings is 2. The topological polar surface area (TPSA) is 40.5 Å². The van der Waals surface area contributed by atoms with E-state index >= 15 is 0 Å². The predicted octanol–water partition coefficient (Wildman–Crippen LogP) is 5.65. The Hall–Kier alpha value is -2.57. The number of likely N-dealkylation sites (tertiary alicyclic amines) is 1. The van der Waals surface area contributed by atoms with Crippen molar-refractivity contribution >= 4 is 28.5 Å². The maximum Gasteiger partial charge on any atom is 0.317 e. The van der Waals surface area contributed by atoms with Crippen LogP contribution >= 0.6 is 11.6 Å². The summed E-state index contributed by atoms with van der Waals surface area (Å²) in [6.07, 6.45) is 4.32. The number of likely N-dealkylation sites (N-methyl/N-ethyl adjacent to an activating group) is 1. The molecular weight excluding hydrogens is 439 g/mol. The molecule has 1 fully saturated rings. The van der Waals surface area contributed by atoms with E-state index in [-0.39, 0.29) is 17.9 Å². The molecule has 0 spiro atoms. The second kappa shape index (κ2) is 10.1. The van der Waals surface area contributed by atoms with Gasteiger partial charge in [0, 0.05) is 48.5 Å². The van der Waals surface area contributed by atoms with Crippen molar-refractivity contribution in [2.75, 3.05) is 33.2 Å². The number of hydrogen-bond acceptors (Lipinski definition) is 2. The normalized spacial score (nSPS) is 15.3. The third-order valence-corrected chi connectivity index (χ3v) is 6.68. The second-order valence-electron chi connectivity index (χ2n) is 9.23. The van der Waals surface area contributed by atoms with Crippen LogP contribution in [-0.4, -0.2) is 59.7 Å². The van der Waals surface area contributed by atoms with E-state index in [9.17, 15) is 9.18 Å². The van der Waals surface area contributed by atoms with Gasteiger partial charge in [0.2, 0.25) is 0 Å². The number of fused-ring (bicyclic) bond motifs is 1. The fourth-order valence-corrected chi connectivity index (χ4v) is 4.75. The molecular formula is C26H32ClFN4O. The summed E-state index contributed by atoms with van der Waals surface area (Å²) < 4.78 is 15.6. The van der Waals surface area contributed by atoms with Crippen molar-refractivity contribution in [3.63, 3.8) is 0 Å². The Morgan fingerprint density at radius 2 is 1.88 bits per heavy atom. The number of halogens is 2. The monoisotopic (exact) mass is 470 g/mol. The number of urea groups is 1. The van der Waals surface area contributed by atoms with Gasteiger partial charge in [-0.1, -0.05) is 17.7 Å². The lowest BCUT2D eigenvalue weighted by Crippen LogP contribution is -2.45. The first kappa shape index (κ1) is 23.6. The number of carbonyl (C=O) groups excluding carboxylic acids is 1. The van der Waals surface area contributed by atoms with Crippen LogP contribution in [0.4, 0.5) is 9.18 Å². The van der Waals surface area contributed by atoms with Crippen LogP contribution in [0.5, 0.6) is 0 Å². The molecule has 2 amide bonds. The molecule has 2 aromatic carbocycles. The molecule has 0 aliphatic carbocycles. The fraction of sp³-hybridized carbons (Fsp3) is 0.423. The molecule has 2 heterocycles. The summed E-state index contributed by atoms with van der Waals surface area (Å²) >= 11 is 6.32. The van der Waals surface area contributed by atoms with Crippen molar-refractivity contribution in [1.82, 2.24) is 19.7 Å². The van der Waals surface area contributed by atoms with Gasteiger partial charge in [0.1, 0.15) is 5.82 Å². The van der Waals surface area contributed by atoms with Gasteiger partial charge in [0.05, 0.1) is 5.52 Å². The first-order chi connectivity index (χ1) is 15.8. The van der Waals surface area contributed by atoms with Gasteiger partial charge in [-0.2, -0.15) is 0 Å². The van der Waals surface area contributed by atoms with Crippen LogP contribution in [0.2, 0.25) is 5.02 Å². The zero-order valence-corrected chi connectivity index (χ0v) is 20.3. The molecule has 1 saturated heterocycles. The molecule has 5 nitrogen and oxygen atoms in total. The van der Waals surface area contributed by atoms with Gasteiger partial charge in [-0.3, -0.25) is 0 Å². The summed E-state index contributed by atoms with van der Waals surface area (Å²) in [6.45, 7) is 7.53. The summed E-state index contributed by atoms with van der Waals surface area (Å²) in [4.78, 5) is 16.3. The van der Waals surface area contributed by atoms with Crippen molar-refractivity contribution in [2.24, 2.45) is 0 Å². The molecule has 0 unspecified atom stereocenters. The quantitative estimate of drug-likeness (QED) is 0.505. The largest absolute Gasteiger partial charge is 0.336 e. The van der Waals surface area contributed by atoms with Gasteiger partial charge in [-0.15, -0.1) is 0 Å². The maximum atomic E-state index is 13.5. The average molecular weight is 471 g/mol. The Morgan fingerprint density at radius 1 is 1.18 bits per heavy atom. The van der Waals surface area contributed by atoms with E-state index in [1.165, 1.54) is 23.1 Å². The van der Waals surface area contributed by atoms with Crippen molar-refractivity contribution in [2.45, 2.75) is 38.6 Å². The number of aromatic nitrogens is 1. The maximum absolute atomic E-state index is 13.5. The van der Waals surface area contributed by atoms with Crippen LogP contribution in [0.15, 0.2) is 48.7 Å². The summed E-state index contributed by atoms with van der Waals surface area (Å²) in [6, 6.07) is 12.7. The molecule has 0 radical (unpaired) electrons. The zero-order valence-electron chi connectivity index (χ0n) is 19.5. The Bertz CT molecular complexity index is 1100. The van der Waals surface area contributed by atoms with E-state index in [0.717, 1.165) is 43.7 Å². The van der Waals surface area contributed by atoms with Crippen molar-refractivity contribution in [3.8, 4) is 5.69 Å². The van der Waals surface area contributed by atoms with Gasteiger partial charge >= 0.3 is 6.03 Å². The first-order valence-electron chi connectivity index (χ1n) is 11.6. The van der Waals surface area contributed by atoms with Crippen LogP contribution in [0.3, 0.4) is 0 Å². The van der Waals surface area contributed by atoms with E-state index < -0.39 is 0 Å².